The Morgan fingerprint density at radius 1 is 1.25 bits per heavy atom. The second kappa shape index (κ2) is 1.62. The molecule has 43 valence electrons. The van der Waals surface area contributed by atoms with Crippen molar-refractivity contribution in [3.63, 3.8) is 0 Å². The van der Waals surface area contributed by atoms with Gasteiger partial charge in [-0.25, -0.2) is 5.32 Å². The van der Waals surface area contributed by atoms with Gasteiger partial charge in [-0.3, -0.25) is 0 Å². The summed E-state index contributed by atoms with van der Waals surface area (Å²) in [6.45, 7) is 5.98. The first-order chi connectivity index (χ1) is 3.70. The topological polar surface area (TPSA) is 26.1 Å². The van der Waals surface area contributed by atoms with Crippen LogP contribution < -0.4 is 10.3 Å². The molecule has 0 aliphatic carbocycles. The van der Waals surface area contributed by atoms with Crippen LogP contribution in [0.25, 0.3) is 0 Å². The number of amidine groups is 1. The van der Waals surface area contributed by atoms with Crippen LogP contribution in [0.4, 0.5) is 0 Å². The molecule has 0 atom stereocenters. The Bertz CT molecular complexity index is 165. The van der Waals surface area contributed by atoms with Crippen LogP contribution in [0.15, 0.2) is 11.4 Å². The summed E-state index contributed by atoms with van der Waals surface area (Å²) in [7, 11) is 0. The van der Waals surface area contributed by atoms with Crippen molar-refractivity contribution < 1.29 is 0 Å². The van der Waals surface area contributed by atoms with Crippen molar-refractivity contribution in [2.45, 2.75) is 20.8 Å². The molecule has 0 bridgehead atoms. The second-order valence-corrected chi connectivity index (χ2v) is 2.03. The van der Waals surface area contributed by atoms with E-state index in [1.807, 2.05) is 20.8 Å². The molecule has 2 heteroatoms. The van der Waals surface area contributed by atoms with Crippen molar-refractivity contribution in [2.75, 3.05) is 0 Å². The number of nitrogens with one attached hydrogen (secondary N) is 1. The summed E-state index contributed by atoms with van der Waals surface area (Å²) in [5.74, 6) is 1.00. The summed E-state index contributed by atoms with van der Waals surface area (Å²) in [5, 5.41) is 3.10. The van der Waals surface area contributed by atoms with E-state index in [-0.39, 0.29) is 0 Å². The lowest BCUT2D eigenvalue weighted by Gasteiger charge is -1.81. The van der Waals surface area contributed by atoms with Crippen molar-refractivity contribution in [1.82, 2.24) is 10.3 Å². The molecule has 8 heavy (non-hydrogen) atoms. The minimum Gasteiger partial charge on any atom is -0.242 e. The number of allylic oxidation sites excluding steroid dienone is 2. The molecule has 0 fully saturated rings. The quantitative estimate of drug-likeness (QED) is 0.485. The average molecular weight is 110 g/mol. The zero-order chi connectivity index (χ0) is 6.15. The lowest BCUT2D eigenvalue weighted by molar-refractivity contribution is 1.11. The van der Waals surface area contributed by atoms with E-state index in [1.54, 1.807) is 0 Å². The summed E-state index contributed by atoms with van der Waals surface area (Å²) in [5.41, 5.74) is 2.27. The largest absolute Gasteiger partial charge is 0.293 e. The van der Waals surface area contributed by atoms with E-state index in [4.69, 9.17) is 0 Å². The summed E-state index contributed by atoms with van der Waals surface area (Å²) in [6.07, 6.45) is 0. The highest BCUT2D eigenvalue weighted by atomic mass is 15.1. The monoisotopic (exact) mass is 110 g/mol. The van der Waals surface area contributed by atoms with Gasteiger partial charge in [0.05, 0.1) is 0 Å². The third kappa shape index (κ3) is 0.735. The molecular formula is C6H10N2+. The predicted molar refractivity (Wildman–Crippen MR) is 34.3 cm³/mol. The molecule has 0 spiro atoms. The van der Waals surface area contributed by atoms with Crippen LogP contribution >= 0.6 is 0 Å². The molecular weight excluding hydrogens is 100 g/mol. The third-order valence-corrected chi connectivity index (χ3v) is 1.25. The highest BCUT2D eigenvalue weighted by Crippen LogP contribution is 1.99. The Balaban J connectivity index is 2.79. The van der Waals surface area contributed by atoms with Crippen molar-refractivity contribution in [2.24, 2.45) is 0 Å². The number of hydrogen-bond acceptors (Lipinski definition) is 2. The Kier molecular flexibility index (Phi) is 1.08. The minimum atomic E-state index is 1.00. The highest BCUT2D eigenvalue weighted by molar-refractivity contribution is 5.83. The first-order valence-corrected chi connectivity index (χ1v) is 2.70. The van der Waals surface area contributed by atoms with Crippen LogP contribution in [-0.2, 0) is 0 Å². The van der Waals surface area contributed by atoms with Gasteiger partial charge in [0.15, 0.2) is 5.70 Å². The van der Waals surface area contributed by atoms with Crippen LogP contribution in [0.2, 0.25) is 0 Å². The van der Waals surface area contributed by atoms with E-state index in [9.17, 15) is 0 Å². The van der Waals surface area contributed by atoms with Gasteiger partial charge in [0.25, 0.3) is 5.84 Å². The van der Waals surface area contributed by atoms with Crippen LogP contribution in [0.1, 0.15) is 20.8 Å². The molecule has 1 aliphatic heterocycles. The Labute approximate surface area is 49.3 Å². The molecule has 1 heterocycles. The van der Waals surface area contributed by atoms with E-state index in [0.29, 0.717) is 0 Å². The molecule has 0 aromatic carbocycles. The molecule has 0 amide bonds. The maximum Gasteiger partial charge on any atom is 0.293 e. The maximum absolute atomic E-state index is 4.16. The second-order valence-electron chi connectivity index (χ2n) is 2.03. The molecule has 1 aliphatic rings. The Morgan fingerprint density at radius 2 is 1.88 bits per heavy atom. The molecule has 1 rings (SSSR count). The normalized spacial score (nSPS) is 18.6. The SMILES string of the molecule is CC1=[N+]C(C)=C(C)N1. The van der Waals surface area contributed by atoms with E-state index < -0.39 is 0 Å². The summed E-state index contributed by atoms with van der Waals surface area (Å²) in [6, 6.07) is 0. The molecule has 2 nitrogen and oxygen atoms in total. The number of aliphatic imine (C=N–C) groups is 1. The first kappa shape index (κ1) is 5.35. The summed E-state index contributed by atoms with van der Waals surface area (Å²) >= 11 is 0. The summed E-state index contributed by atoms with van der Waals surface area (Å²) < 4.78 is 0. The van der Waals surface area contributed by atoms with Gasteiger partial charge in [-0.2, -0.15) is 0 Å². The molecule has 0 unspecified atom stereocenters. The molecule has 0 saturated heterocycles. The fraction of sp³-hybridized carbons (Fsp3) is 0.500. The van der Waals surface area contributed by atoms with Gasteiger partial charge in [-0.15, -0.1) is 0 Å². The molecule has 1 radical (unpaired) electrons. The number of nitrogens with zero attached hydrogens (tertiary/aromatic N) is 1. The zero-order valence-electron chi connectivity index (χ0n) is 5.45. The van der Waals surface area contributed by atoms with Crippen molar-refractivity contribution in [3.05, 3.63) is 11.4 Å². The van der Waals surface area contributed by atoms with Gasteiger partial charge in [0.1, 0.15) is 5.70 Å². The predicted octanol–water partition coefficient (Wildman–Crippen LogP) is 0.595. The van der Waals surface area contributed by atoms with Gasteiger partial charge in [-0.1, -0.05) is 0 Å². The zero-order valence-corrected chi connectivity index (χ0v) is 5.45. The molecule has 0 aromatic rings. The molecule has 0 saturated carbocycles. The number of hydrogen-bond donors (Lipinski definition) is 1. The van der Waals surface area contributed by atoms with Gasteiger partial charge in [-0.05, 0) is 4.99 Å². The van der Waals surface area contributed by atoms with Gasteiger partial charge in [0.2, 0.25) is 0 Å². The first-order valence-electron chi connectivity index (χ1n) is 2.70. The van der Waals surface area contributed by atoms with E-state index in [0.717, 1.165) is 11.5 Å². The fourth-order valence-corrected chi connectivity index (χ4v) is 0.725. The van der Waals surface area contributed by atoms with Crippen molar-refractivity contribution >= 4 is 5.84 Å². The van der Waals surface area contributed by atoms with Gasteiger partial charge in [0, 0.05) is 20.8 Å². The average Bonchev–Trinajstić information content (AvgIpc) is 1.85. The van der Waals surface area contributed by atoms with E-state index in [1.165, 1.54) is 5.70 Å². The Hall–Kier alpha value is -0.790. The molecule has 0 aromatic heterocycles. The molecule has 1 N–H and O–H groups in total. The van der Waals surface area contributed by atoms with Crippen LogP contribution in [-0.4, -0.2) is 5.84 Å². The number of rotatable bonds is 0. The van der Waals surface area contributed by atoms with Crippen molar-refractivity contribution in [1.29, 1.82) is 0 Å². The van der Waals surface area contributed by atoms with Crippen LogP contribution in [0.5, 0.6) is 0 Å². The van der Waals surface area contributed by atoms with Crippen LogP contribution in [0.3, 0.4) is 0 Å². The Morgan fingerprint density at radius 3 is 2.00 bits per heavy atom. The summed E-state index contributed by atoms with van der Waals surface area (Å²) in [4.78, 5) is 4.16. The maximum atomic E-state index is 4.16. The van der Waals surface area contributed by atoms with Crippen LogP contribution in [0, 0.1) is 0 Å². The van der Waals surface area contributed by atoms with E-state index in [2.05, 4.69) is 10.3 Å². The fourth-order valence-electron chi connectivity index (χ4n) is 0.725. The van der Waals surface area contributed by atoms with Crippen molar-refractivity contribution in [3.8, 4) is 0 Å². The third-order valence-electron chi connectivity index (χ3n) is 1.25. The highest BCUT2D eigenvalue weighted by Gasteiger charge is 2.15. The lowest BCUT2D eigenvalue weighted by Crippen LogP contribution is -2.14. The lowest BCUT2D eigenvalue weighted by atomic mass is 10.4. The van der Waals surface area contributed by atoms with Gasteiger partial charge < -0.3 is 0 Å². The van der Waals surface area contributed by atoms with E-state index >= 15 is 0 Å². The minimum absolute atomic E-state index is 1.00. The standard InChI is InChI=1S/C6H10N2/c1-4-5(2)8-6(3)7-4/h7H,1-3H3/q+1. The smallest absolute Gasteiger partial charge is 0.242 e. The van der Waals surface area contributed by atoms with Gasteiger partial charge >= 0.3 is 0 Å².